The van der Waals surface area contributed by atoms with E-state index in [1.54, 1.807) is 21.3 Å². The quantitative estimate of drug-likeness (QED) is 0.563. The van der Waals surface area contributed by atoms with Crippen LogP contribution in [0, 0.1) is 0 Å². The fourth-order valence-electron chi connectivity index (χ4n) is 0.250. The first-order chi connectivity index (χ1) is 3.68. The van der Waals surface area contributed by atoms with Crippen LogP contribution in [0.25, 0.3) is 0 Å². The predicted octanol–water partition coefficient (Wildman–Crippen LogP) is -0.738. The number of hydrogen-bond donors (Lipinski definition) is 0. The molecule has 0 aliphatic carbocycles. The molecule has 0 rings (SSSR count). The van der Waals surface area contributed by atoms with Crippen LogP contribution in [-0.4, -0.2) is 44.1 Å². The fourth-order valence-corrected chi connectivity index (χ4v) is 0.750. The van der Waals surface area contributed by atoms with Crippen LogP contribution in [0.2, 0.25) is 0 Å². The van der Waals surface area contributed by atoms with Gasteiger partial charge in [0, 0.05) is 0 Å². The molecule has 0 aromatic carbocycles. The van der Waals surface area contributed by atoms with Crippen LogP contribution in [0.3, 0.4) is 0 Å². The molecule has 0 aromatic heterocycles. The van der Waals surface area contributed by atoms with E-state index in [0.29, 0.717) is 0 Å². The monoisotopic (exact) mass is 202 g/mol. The molecule has 0 unspecified atom stereocenters. The first-order valence-corrected chi connectivity index (χ1v) is 6.55. The summed E-state index contributed by atoms with van der Waals surface area (Å²) >= 11 is 2.27. The molecular weight excluding hydrogens is 191 g/mol. The van der Waals surface area contributed by atoms with Crippen LogP contribution in [0.15, 0.2) is 0 Å². The molecule has 0 atom stereocenters. The molecule has 0 amide bonds. The van der Waals surface area contributed by atoms with Crippen molar-refractivity contribution in [3.8, 4) is 0 Å². The van der Waals surface area contributed by atoms with Gasteiger partial charge in [-0.25, -0.2) is 0 Å². The van der Waals surface area contributed by atoms with E-state index in [4.69, 9.17) is 13.3 Å². The molecular formula is C3H10O3SeSi. The van der Waals surface area contributed by atoms with Gasteiger partial charge in [-0.05, 0) is 0 Å². The summed E-state index contributed by atoms with van der Waals surface area (Å²) in [6, 6.07) is 0. The molecule has 0 fully saturated rings. The van der Waals surface area contributed by atoms with Crippen molar-refractivity contribution in [1.82, 2.24) is 0 Å². The van der Waals surface area contributed by atoms with Gasteiger partial charge in [-0.2, -0.15) is 0 Å². The van der Waals surface area contributed by atoms with Crippen LogP contribution in [0.5, 0.6) is 0 Å². The van der Waals surface area contributed by atoms with E-state index >= 15 is 0 Å². The standard InChI is InChI=1S/C3H10O3SeSi/c1-4-8(7,5-2)6-3/h7H,1-3H3. The van der Waals surface area contributed by atoms with Gasteiger partial charge in [0.1, 0.15) is 0 Å². The van der Waals surface area contributed by atoms with Gasteiger partial charge in [-0.1, -0.05) is 0 Å². The third-order valence-electron chi connectivity index (χ3n) is 0.774. The minimum atomic E-state index is -2.23. The SMILES string of the molecule is CO[Si]([SeH])(OC)OC. The van der Waals surface area contributed by atoms with E-state index in [9.17, 15) is 0 Å². The average Bonchev–Trinajstić information content (AvgIpc) is 1.87. The average molecular weight is 201 g/mol. The van der Waals surface area contributed by atoms with Crippen LogP contribution >= 0.6 is 0 Å². The van der Waals surface area contributed by atoms with Crippen molar-refractivity contribution in [3.63, 3.8) is 0 Å². The van der Waals surface area contributed by atoms with Crippen molar-refractivity contribution in [3.05, 3.63) is 0 Å². The third-order valence-corrected chi connectivity index (χ3v) is 5.77. The molecule has 0 saturated carbocycles. The Bertz CT molecular complexity index is 57.3. The zero-order chi connectivity index (χ0) is 6.62. The summed E-state index contributed by atoms with van der Waals surface area (Å²) in [7, 11) is 2.47. The van der Waals surface area contributed by atoms with E-state index < -0.39 is 7.41 Å². The molecule has 0 aromatic rings. The molecule has 0 aliphatic heterocycles. The van der Waals surface area contributed by atoms with Crippen LogP contribution in [0.4, 0.5) is 0 Å². The minimum absolute atomic E-state index is 1.57. The second-order valence-electron chi connectivity index (χ2n) is 1.14. The van der Waals surface area contributed by atoms with Gasteiger partial charge in [0.25, 0.3) is 0 Å². The summed E-state index contributed by atoms with van der Waals surface area (Å²) < 4.78 is 14.7. The molecule has 8 heavy (non-hydrogen) atoms. The summed E-state index contributed by atoms with van der Waals surface area (Å²) in [6.45, 7) is 0. The first kappa shape index (κ1) is 8.62. The molecule has 0 N–H and O–H groups in total. The number of rotatable bonds is 3. The van der Waals surface area contributed by atoms with E-state index in [1.807, 2.05) is 0 Å². The third kappa shape index (κ3) is 2.26. The Labute approximate surface area is 57.9 Å². The first-order valence-electron chi connectivity index (χ1n) is 2.06. The van der Waals surface area contributed by atoms with Crippen LogP contribution < -0.4 is 0 Å². The van der Waals surface area contributed by atoms with Crippen molar-refractivity contribution in [2.75, 3.05) is 21.3 Å². The second-order valence-corrected chi connectivity index (χ2v) is 6.86. The Balaban J connectivity index is 3.58. The van der Waals surface area contributed by atoms with E-state index in [2.05, 4.69) is 15.4 Å². The van der Waals surface area contributed by atoms with Gasteiger partial charge in [0.05, 0.1) is 0 Å². The summed E-state index contributed by atoms with van der Waals surface area (Å²) in [5, 5.41) is 0. The predicted molar refractivity (Wildman–Crippen MR) is 33.9 cm³/mol. The van der Waals surface area contributed by atoms with Crippen LogP contribution in [-0.2, 0) is 13.3 Å². The second kappa shape index (κ2) is 3.61. The van der Waals surface area contributed by atoms with Gasteiger partial charge in [-0.3, -0.25) is 0 Å². The fraction of sp³-hybridized carbons (Fsp3) is 1.00. The van der Waals surface area contributed by atoms with Crippen molar-refractivity contribution >= 4 is 22.8 Å². The molecule has 5 heteroatoms. The molecule has 3 nitrogen and oxygen atoms in total. The maximum absolute atomic E-state index is 4.90. The normalized spacial score (nSPS) is 12.0. The maximum atomic E-state index is 4.90. The Morgan fingerprint density at radius 3 is 1.25 bits per heavy atom. The van der Waals surface area contributed by atoms with E-state index in [1.165, 1.54) is 0 Å². The van der Waals surface area contributed by atoms with Gasteiger partial charge in [0.15, 0.2) is 0 Å². The summed E-state index contributed by atoms with van der Waals surface area (Å²) in [5.41, 5.74) is 0. The van der Waals surface area contributed by atoms with E-state index in [-0.39, 0.29) is 0 Å². The van der Waals surface area contributed by atoms with Crippen molar-refractivity contribution < 1.29 is 13.3 Å². The molecule has 0 saturated heterocycles. The van der Waals surface area contributed by atoms with Crippen molar-refractivity contribution in [1.29, 1.82) is 0 Å². The zero-order valence-corrected chi connectivity index (χ0v) is 8.05. The molecule has 0 radical (unpaired) electrons. The Kier molecular flexibility index (Phi) is 3.88. The summed E-state index contributed by atoms with van der Waals surface area (Å²) in [5.74, 6) is 0. The Hall–Kier alpha value is 0.616. The van der Waals surface area contributed by atoms with Gasteiger partial charge < -0.3 is 0 Å². The summed E-state index contributed by atoms with van der Waals surface area (Å²) in [6.07, 6.45) is 0. The summed E-state index contributed by atoms with van der Waals surface area (Å²) in [4.78, 5) is 0. The van der Waals surface area contributed by atoms with Gasteiger partial charge in [0.2, 0.25) is 0 Å². The Morgan fingerprint density at radius 2 is 1.25 bits per heavy atom. The molecule has 0 spiro atoms. The van der Waals surface area contributed by atoms with Gasteiger partial charge in [-0.15, -0.1) is 0 Å². The molecule has 0 bridgehead atoms. The Morgan fingerprint density at radius 1 is 1.00 bits per heavy atom. The molecule has 0 heterocycles. The molecule has 0 aliphatic rings. The van der Waals surface area contributed by atoms with E-state index in [0.717, 1.165) is 0 Å². The van der Waals surface area contributed by atoms with Crippen LogP contribution in [0.1, 0.15) is 0 Å². The topological polar surface area (TPSA) is 27.7 Å². The molecule has 50 valence electrons. The van der Waals surface area contributed by atoms with Crippen molar-refractivity contribution in [2.45, 2.75) is 0 Å². The zero-order valence-electron chi connectivity index (χ0n) is 5.17. The van der Waals surface area contributed by atoms with Gasteiger partial charge >= 0.3 is 57.4 Å². The van der Waals surface area contributed by atoms with Crippen molar-refractivity contribution in [2.24, 2.45) is 0 Å². The number of hydrogen-bond acceptors (Lipinski definition) is 3.